The van der Waals surface area contributed by atoms with Crippen LogP contribution in [0, 0.1) is 13.8 Å². The first-order valence-electron chi connectivity index (χ1n) is 10.6. The molecule has 8 heteroatoms. The summed E-state index contributed by atoms with van der Waals surface area (Å²) in [7, 11) is 0. The lowest BCUT2D eigenvalue weighted by Gasteiger charge is -2.30. The average molecular weight is 475 g/mol. The molecule has 0 radical (unpaired) electrons. The van der Waals surface area contributed by atoms with Crippen molar-refractivity contribution in [2.45, 2.75) is 20.8 Å². The van der Waals surface area contributed by atoms with Crippen LogP contribution in [0.25, 0.3) is 17.4 Å². The molecule has 0 saturated carbocycles. The van der Waals surface area contributed by atoms with Crippen molar-refractivity contribution in [2.24, 2.45) is 0 Å². The Hall–Kier alpha value is -4.04. The van der Waals surface area contributed by atoms with Crippen molar-refractivity contribution in [3.63, 3.8) is 0 Å². The number of hydrogen-bond donors (Lipinski definition) is 1. The van der Waals surface area contributed by atoms with Crippen molar-refractivity contribution in [3.05, 3.63) is 82.6 Å². The van der Waals surface area contributed by atoms with Gasteiger partial charge in [-0.15, -0.1) is 0 Å². The van der Waals surface area contributed by atoms with E-state index in [0.717, 1.165) is 16.7 Å². The maximum Gasteiger partial charge on any atom is 0.338 e. The van der Waals surface area contributed by atoms with Crippen LogP contribution in [0.5, 0.6) is 0 Å². The zero-order valence-corrected chi connectivity index (χ0v) is 19.7. The summed E-state index contributed by atoms with van der Waals surface area (Å²) in [6.07, 6.45) is 1.40. The summed E-state index contributed by atoms with van der Waals surface area (Å²) in [6.45, 7) is 5.84. The molecule has 3 aromatic rings. The van der Waals surface area contributed by atoms with Crippen LogP contribution < -0.4 is 10.2 Å². The van der Waals surface area contributed by atoms with Crippen LogP contribution in [0.15, 0.2) is 64.6 Å². The first-order chi connectivity index (χ1) is 16.3. The Morgan fingerprint density at radius 3 is 2.53 bits per heavy atom. The van der Waals surface area contributed by atoms with E-state index in [4.69, 9.17) is 21.4 Å². The molecule has 1 aliphatic heterocycles. The molecule has 2 amide bonds. The normalized spacial score (nSPS) is 15.0. The van der Waals surface area contributed by atoms with Gasteiger partial charge in [0.1, 0.15) is 17.1 Å². The lowest BCUT2D eigenvalue weighted by molar-refractivity contribution is -0.122. The number of anilines is 1. The summed E-state index contributed by atoms with van der Waals surface area (Å²) in [5.41, 5.74) is 3.50. The van der Waals surface area contributed by atoms with E-state index >= 15 is 0 Å². The van der Waals surface area contributed by atoms with Crippen molar-refractivity contribution < 1.29 is 23.5 Å². The van der Waals surface area contributed by atoms with Crippen molar-refractivity contribution in [1.82, 2.24) is 5.32 Å². The summed E-state index contributed by atoms with van der Waals surface area (Å²) >= 11 is 5.29. The molecular weight excluding hydrogens is 452 g/mol. The van der Waals surface area contributed by atoms with Crippen LogP contribution in [0.3, 0.4) is 0 Å². The molecule has 0 atom stereocenters. The SMILES string of the molecule is CCOC(=O)c1ccc(-c2ccc(/C=C3\C(=O)NC(=S)N(c4cc(C)ccc4C)C3=O)o2)cc1. The van der Waals surface area contributed by atoms with E-state index < -0.39 is 17.8 Å². The lowest BCUT2D eigenvalue weighted by Crippen LogP contribution is -2.54. The zero-order chi connectivity index (χ0) is 24.4. The highest BCUT2D eigenvalue weighted by molar-refractivity contribution is 7.80. The maximum atomic E-state index is 13.3. The number of aryl methyl sites for hydroxylation is 2. The van der Waals surface area contributed by atoms with Crippen molar-refractivity contribution in [1.29, 1.82) is 0 Å². The molecule has 1 aromatic heterocycles. The third-order valence-corrected chi connectivity index (χ3v) is 5.59. The Bertz CT molecular complexity index is 1340. The topological polar surface area (TPSA) is 88.9 Å². The van der Waals surface area contributed by atoms with Gasteiger partial charge in [-0.25, -0.2) is 4.79 Å². The van der Waals surface area contributed by atoms with Gasteiger partial charge in [0.15, 0.2) is 5.11 Å². The van der Waals surface area contributed by atoms with Gasteiger partial charge < -0.3 is 9.15 Å². The number of carbonyl (C=O) groups is 3. The minimum Gasteiger partial charge on any atom is -0.462 e. The van der Waals surface area contributed by atoms with Crippen LogP contribution in [0.2, 0.25) is 0 Å². The molecule has 1 fully saturated rings. The van der Waals surface area contributed by atoms with Gasteiger partial charge in [-0.05, 0) is 80.5 Å². The van der Waals surface area contributed by atoms with Gasteiger partial charge in [0.25, 0.3) is 11.8 Å². The van der Waals surface area contributed by atoms with Gasteiger partial charge in [0.05, 0.1) is 17.9 Å². The van der Waals surface area contributed by atoms with E-state index in [2.05, 4.69) is 5.32 Å². The molecule has 0 aliphatic carbocycles. The van der Waals surface area contributed by atoms with Gasteiger partial charge >= 0.3 is 5.97 Å². The van der Waals surface area contributed by atoms with Crippen molar-refractivity contribution in [2.75, 3.05) is 11.5 Å². The van der Waals surface area contributed by atoms with E-state index in [-0.39, 0.29) is 10.7 Å². The first-order valence-corrected chi connectivity index (χ1v) is 11.1. The lowest BCUT2D eigenvalue weighted by atomic mass is 10.1. The number of amides is 2. The Morgan fingerprint density at radius 1 is 1.09 bits per heavy atom. The number of carbonyl (C=O) groups excluding carboxylic acids is 3. The standard InChI is InChI=1S/C26H22N2O5S/c1-4-32-25(31)18-9-7-17(8-10-18)22-12-11-19(33-22)14-20-23(29)27-26(34)28(24(20)30)21-13-15(2)5-6-16(21)3/h5-14H,4H2,1-3H3,(H,27,29,34)/b20-14+. The van der Waals surface area contributed by atoms with Crippen LogP contribution in [-0.4, -0.2) is 29.5 Å². The minimum absolute atomic E-state index is 0.0303. The van der Waals surface area contributed by atoms with Crippen molar-refractivity contribution >= 4 is 46.9 Å². The number of rotatable bonds is 5. The number of ether oxygens (including phenoxy) is 1. The molecule has 34 heavy (non-hydrogen) atoms. The molecule has 7 nitrogen and oxygen atoms in total. The molecular formula is C26H22N2O5S. The molecule has 1 aliphatic rings. The Morgan fingerprint density at radius 2 is 1.82 bits per heavy atom. The van der Waals surface area contributed by atoms with Gasteiger partial charge in [0.2, 0.25) is 0 Å². The number of thiocarbonyl (C=S) groups is 1. The second-order valence-corrected chi connectivity index (χ2v) is 8.13. The summed E-state index contributed by atoms with van der Waals surface area (Å²) < 4.78 is 10.8. The number of nitrogens with zero attached hydrogens (tertiary/aromatic N) is 1. The summed E-state index contributed by atoms with van der Waals surface area (Å²) in [5, 5.41) is 2.61. The molecule has 0 unspecified atom stereocenters. The Balaban J connectivity index is 1.62. The largest absolute Gasteiger partial charge is 0.462 e. The highest BCUT2D eigenvalue weighted by Crippen LogP contribution is 2.28. The molecule has 172 valence electrons. The van der Waals surface area contributed by atoms with E-state index in [9.17, 15) is 14.4 Å². The molecule has 4 rings (SSSR count). The number of nitrogens with one attached hydrogen (secondary N) is 1. The van der Waals surface area contributed by atoms with Gasteiger partial charge in [-0.3, -0.25) is 19.8 Å². The minimum atomic E-state index is -0.590. The van der Waals surface area contributed by atoms with E-state index in [1.807, 2.05) is 32.0 Å². The van der Waals surface area contributed by atoms with Crippen LogP contribution in [0.4, 0.5) is 5.69 Å². The van der Waals surface area contributed by atoms with Gasteiger partial charge in [0, 0.05) is 5.56 Å². The first kappa shape index (κ1) is 23.1. The monoisotopic (exact) mass is 474 g/mol. The third kappa shape index (κ3) is 4.53. The second-order valence-electron chi connectivity index (χ2n) is 7.75. The molecule has 0 spiro atoms. The number of benzene rings is 2. The van der Waals surface area contributed by atoms with Gasteiger partial charge in [-0.1, -0.05) is 24.3 Å². The van der Waals surface area contributed by atoms with Crippen LogP contribution in [-0.2, 0) is 14.3 Å². The van der Waals surface area contributed by atoms with Crippen LogP contribution >= 0.6 is 12.2 Å². The Labute approximate surface area is 202 Å². The third-order valence-electron chi connectivity index (χ3n) is 5.30. The molecule has 2 aromatic carbocycles. The molecule has 1 N–H and O–H groups in total. The highest BCUT2D eigenvalue weighted by Gasteiger charge is 2.35. The van der Waals surface area contributed by atoms with E-state index in [0.29, 0.717) is 29.4 Å². The average Bonchev–Trinajstić information content (AvgIpc) is 3.28. The molecule has 0 bridgehead atoms. The highest BCUT2D eigenvalue weighted by atomic mass is 32.1. The van der Waals surface area contributed by atoms with Crippen molar-refractivity contribution in [3.8, 4) is 11.3 Å². The maximum absolute atomic E-state index is 13.3. The number of esters is 1. The van der Waals surface area contributed by atoms with Crippen LogP contribution in [0.1, 0.15) is 34.2 Å². The summed E-state index contributed by atoms with van der Waals surface area (Å²) in [4.78, 5) is 39.0. The quantitative estimate of drug-likeness (QED) is 0.252. The number of hydrogen-bond acceptors (Lipinski definition) is 6. The second kappa shape index (κ2) is 9.44. The fourth-order valence-electron chi connectivity index (χ4n) is 3.55. The number of furan rings is 1. The smallest absolute Gasteiger partial charge is 0.338 e. The Kier molecular flexibility index (Phi) is 6.43. The predicted molar refractivity (Wildman–Crippen MR) is 132 cm³/mol. The fraction of sp³-hybridized carbons (Fsp3) is 0.154. The molecule has 2 heterocycles. The van der Waals surface area contributed by atoms with E-state index in [1.54, 1.807) is 43.3 Å². The predicted octanol–water partition coefficient (Wildman–Crippen LogP) is 4.57. The summed E-state index contributed by atoms with van der Waals surface area (Å²) in [5.74, 6) is -0.663. The fourth-order valence-corrected chi connectivity index (χ4v) is 3.82. The molecule has 1 saturated heterocycles. The van der Waals surface area contributed by atoms with Gasteiger partial charge in [-0.2, -0.15) is 0 Å². The zero-order valence-electron chi connectivity index (χ0n) is 18.9. The van der Waals surface area contributed by atoms with E-state index in [1.165, 1.54) is 11.0 Å². The summed E-state index contributed by atoms with van der Waals surface area (Å²) in [6, 6.07) is 15.8.